The van der Waals surface area contributed by atoms with Crippen LogP contribution in [0.4, 0.5) is 0 Å². The molecule has 0 radical (unpaired) electrons. The fourth-order valence-electron chi connectivity index (χ4n) is 2.19. The van der Waals surface area contributed by atoms with Gasteiger partial charge in [0.15, 0.2) is 0 Å². The molecule has 22 heavy (non-hydrogen) atoms. The van der Waals surface area contributed by atoms with E-state index in [2.05, 4.69) is 5.32 Å². The van der Waals surface area contributed by atoms with Crippen molar-refractivity contribution in [3.05, 3.63) is 65.7 Å². The SMILES string of the molecule is CCOc1cccc(CNC(=O)C(N)Cc2ccccc2)c1. The second-order valence-electron chi connectivity index (χ2n) is 5.09. The van der Waals surface area contributed by atoms with Crippen LogP contribution in [0.1, 0.15) is 18.1 Å². The number of nitrogens with one attached hydrogen (secondary N) is 1. The van der Waals surface area contributed by atoms with Crippen LogP contribution in [0.3, 0.4) is 0 Å². The van der Waals surface area contributed by atoms with E-state index in [9.17, 15) is 4.79 Å². The van der Waals surface area contributed by atoms with Crippen molar-refractivity contribution in [2.75, 3.05) is 6.61 Å². The Bertz CT molecular complexity index is 599. The molecule has 2 aromatic carbocycles. The monoisotopic (exact) mass is 298 g/mol. The number of nitrogens with two attached hydrogens (primary N) is 1. The van der Waals surface area contributed by atoms with Crippen molar-refractivity contribution >= 4 is 5.91 Å². The number of rotatable bonds is 7. The number of carbonyl (C=O) groups excluding carboxylic acids is 1. The number of hydrogen-bond acceptors (Lipinski definition) is 3. The van der Waals surface area contributed by atoms with E-state index in [1.807, 2.05) is 61.5 Å². The number of hydrogen-bond donors (Lipinski definition) is 2. The van der Waals surface area contributed by atoms with Gasteiger partial charge >= 0.3 is 0 Å². The largest absolute Gasteiger partial charge is 0.494 e. The molecule has 116 valence electrons. The van der Waals surface area contributed by atoms with Crippen LogP contribution in [0.2, 0.25) is 0 Å². The van der Waals surface area contributed by atoms with Crippen LogP contribution in [-0.2, 0) is 17.8 Å². The molecule has 0 saturated carbocycles. The molecule has 2 aromatic rings. The number of amides is 1. The van der Waals surface area contributed by atoms with E-state index < -0.39 is 6.04 Å². The predicted octanol–water partition coefficient (Wildman–Crippen LogP) is 2.27. The van der Waals surface area contributed by atoms with Gasteiger partial charge in [0.1, 0.15) is 5.75 Å². The number of benzene rings is 2. The summed E-state index contributed by atoms with van der Waals surface area (Å²) in [6, 6.07) is 16.9. The number of carbonyl (C=O) groups is 1. The minimum absolute atomic E-state index is 0.148. The lowest BCUT2D eigenvalue weighted by atomic mass is 10.1. The fourth-order valence-corrected chi connectivity index (χ4v) is 2.19. The maximum Gasteiger partial charge on any atom is 0.237 e. The van der Waals surface area contributed by atoms with Crippen LogP contribution >= 0.6 is 0 Å². The first-order valence-electron chi connectivity index (χ1n) is 7.48. The Balaban J connectivity index is 1.85. The Kier molecular flexibility index (Phi) is 5.98. The van der Waals surface area contributed by atoms with E-state index in [-0.39, 0.29) is 5.91 Å². The molecule has 1 amide bonds. The van der Waals surface area contributed by atoms with Gasteiger partial charge in [-0.1, -0.05) is 42.5 Å². The zero-order valence-corrected chi connectivity index (χ0v) is 12.8. The first-order valence-corrected chi connectivity index (χ1v) is 7.48. The summed E-state index contributed by atoms with van der Waals surface area (Å²) in [5.41, 5.74) is 8.00. The molecule has 0 aliphatic heterocycles. The molecule has 0 bridgehead atoms. The van der Waals surface area contributed by atoms with Crippen LogP contribution in [0.25, 0.3) is 0 Å². The van der Waals surface area contributed by atoms with Gasteiger partial charge < -0.3 is 15.8 Å². The Hall–Kier alpha value is -2.33. The molecular formula is C18H22N2O2. The highest BCUT2D eigenvalue weighted by Gasteiger charge is 2.13. The molecule has 0 saturated heterocycles. The van der Waals surface area contributed by atoms with Crippen LogP contribution in [0.15, 0.2) is 54.6 Å². The highest BCUT2D eigenvalue weighted by molar-refractivity contribution is 5.81. The summed E-state index contributed by atoms with van der Waals surface area (Å²) >= 11 is 0. The maximum atomic E-state index is 12.1. The third-order valence-corrected chi connectivity index (χ3v) is 3.31. The van der Waals surface area contributed by atoms with E-state index in [4.69, 9.17) is 10.5 Å². The summed E-state index contributed by atoms with van der Waals surface area (Å²) in [5, 5.41) is 2.87. The van der Waals surface area contributed by atoms with E-state index >= 15 is 0 Å². The van der Waals surface area contributed by atoms with Crippen LogP contribution < -0.4 is 15.8 Å². The molecule has 0 aliphatic carbocycles. The summed E-state index contributed by atoms with van der Waals surface area (Å²) in [7, 11) is 0. The molecule has 0 heterocycles. The summed E-state index contributed by atoms with van der Waals surface area (Å²) in [4.78, 5) is 12.1. The molecule has 4 heteroatoms. The molecule has 0 fully saturated rings. The van der Waals surface area contributed by atoms with Gasteiger partial charge in [0, 0.05) is 6.54 Å². The Morgan fingerprint density at radius 1 is 1.14 bits per heavy atom. The molecule has 0 spiro atoms. The third-order valence-electron chi connectivity index (χ3n) is 3.31. The normalized spacial score (nSPS) is 11.7. The maximum absolute atomic E-state index is 12.1. The van der Waals surface area contributed by atoms with Crippen molar-refractivity contribution in [1.29, 1.82) is 0 Å². The van der Waals surface area contributed by atoms with Crippen LogP contribution in [0.5, 0.6) is 5.75 Å². The zero-order chi connectivity index (χ0) is 15.8. The molecular weight excluding hydrogens is 276 g/mol. The minimum atomic E-state index is -0.544. The van der Waals surface area contributed by atoms with Crippen molar-refractivity contribution in [3.63, 3.8) is 0 Å². The van der Waals surface area contributed by atoms with E-state index in [1.54, 1.807) is 0 Å². The lowest BCUT2D eigenvalue weighted by Gasteiger charge is -2.13. The van der Waals surface area contributed by atoms with Gasteiger partial charge in [-0.15, -0.1) is 0 Å². The van der Waals surface area contributed by atoms with Crippen molar-refractivity contribution < 1.29 is 9.53 Å². The summed E-state index contributed by atoms with van der Waals surface area (Å²) in [5.74, 6) is 0.661. The Labute approximate surface area is 131 Å². The molecule has 0 aromatic heterocycles. The van der Waals surface area contributed by atoms with Crippen molar-refractivity contribution in [2.45, 2.75) is 25.9 Å². The second-order valence-corrected chi connectivity index (χ2v) is 5.09. The Morgan fingerprint density at radius 3 is 2.59 bits per heavy atom. The van der Waals surface area contributed by atoms with E-state index in [1.165, 1.54) is 0 Å². The standard InChI is InChI=1S/C18H22N2O2/c1-2-22-16-10-6-9-15(11-16)13-20-18(21)17(19)12-14-7-4-3-5-8-14/h3-11,17H,2,12-13,19H2,1H3,(H,20,21). The van der Waals surface area contributed by atoms with Gasteiger partial charge in [-0.2, -0.15) is 0 Å². The van der Waals surface area contributed by atoms with Crippen molar-refractivity contribution in [1.82, 2.24) is 5.32 Å². The molecule has 1 atom stereocenters. The fraction of sp³-hybridized carbons (Fsp3) is 0.278. The highest BCUT2D eigenvalue weighted by Crippen LogP contribution is 2.13. The van der Waals surface area contributed by atoms with E-state index in [0.29, 0.717) is 19.6 Å². The molecule has 4 nitrogen and oxygen atoms in total. The van der Waals surface area contributed by atoms with Gasteiger partial charge in [-0.3, -0.25) is 4.79 Å². The first kappa shape index (κ1) is 16.0. The van der Waals surface area contributed by atoms with Gasteiger partial charge in [0.2, 0.25) is 5.91 Å². The number of ether oxygens (including phenoxy) is 1. The summed E-state index contributed by atoms with van der Waals surface area (Å²) in [6.45, 7) is 3.01. The minimum Gasteiger partial charge on any atom is -0.494 e. The van der Waals surface area contributed by atoms with Crippen molar-refractivity contribution in [3.8, 4) is 5.75 Å². The first-order chi connectivity index (χ1) is 10.7. The van der Waals surface area contributed by atoms with Gasteiger partial charge in [0.05, 0.1) is 12.6 Å². The lowest BCUT2D eigenvalue weighted by molar-refractivity contribution is -0.122. The van der Waals surface area contributed by atoms with Gasteiger partial charge in [0.25, 0.3) is 0 Å². The molecule has 3 N–H and O–H groups in total. The third kappa shape index (κ3) is 4.90. The Morgan fingerprint density at radius 2 is 1.86 bits per heavy atom. The molecule has 1 unspecified atom stereocenters. The average molecular weight is 298 g/mol. The zero-order valence-electron chi connectivity index (χ0n) is 12.8. The van der Waals surface area contributed by atoms with Gasteiger partial charge in [-0.05, 0) is 36.6 Å². The predicted molar refractivity (Wildman–Crippen MR) is 87.6 cm³/mol. The lowest BCUT2D eigenvalue weighted by Crippen LogP contribution is -2.41. The molecule has 0 aliphatic rings. The van der Waals surface area contributed by atoms with Crippen molar-refractivity contribution in [2.24, 2.45) is 5.73 Å². The smallest absolute Gasteiger partial charge is 0.237 e. The quantitative estimate of drug-likeness (QED) is 0.824. The van der Waals surface area contributed by atoms with Crippen LogP contribution in [-0.4, -0.2) is 18.6 Å². The van der Waals surface area contributed by atoms with Crippen LogP contribution in [0, 0.1) is 0 Å². The highest BCUT2D eigenvalue weighted by atomic mass is 16.5. The topological polar surface area (TPSA) is 64.3 Å². The summed E-state index contributed by atoms with van der Waals surface area (Å²) < 4.78 is 5.44. The molecule has 2 rings (SSSR count). The van der Waals surface area contributed by atoms with E-state index in [0.717, 1.165) is 16.9 Å². The summed E-state index contributed by atoms with van der Waals surface area (Å²) in [6.07, 6.45) is 0.533. The second kappa shape index (κ2) is 8.20. The average Bonchev–Trinajstić information content (AvgIpc) is 2.54. The van der Waals surface area contributed by atoms with Gasteiger partial charge in [-0.25, -0.2) is 0 Å².